The molecule has 46 heavy (non-hydrogen) atoms. The summed E-state index contributed by atoms with van der Waals surface area (Å²) in [5.74, 6) is 2.69. The Labute approximate surface area is 271 Å². The summed E-state index contributed by atoms with van der Waals surface area (Å²) >= 11 is 0. The van der Waals surface area contributed by atoms with Crippen LogP contribution in [0.2, 0.25) is 0 Å². The van der Waals surface area contributed by atoms with Crippen molar-refractivity contribution in [3.8, 4) is 34.1 Å². The summed E-state index contributed by atoms with van der Waals surface area (Å²) in [6.45, 7) is 13.4. The average molecular weight is 605 g/mol. The minimum atomic E-state index is -0.107. The maximum Gasteiger partial charge on any atom is 0.137 e. The monoisotopic (exact) mass is 604 g/mol. The van der Waals surface area contributed by atoms with Gasteiger partial charge in [0.2, 0.25) is 0 Å². The number of hydrogen-bond acceptors (Lipinski definition) is 3. The van der Waals surface area contributed by atoms with Crippen LogP contribution in [0.15, 0.2) is 115 Å². The van der Waals surface area contributed by atoms with Gasteiger partial charge < -0.3 is 4.74 Å². The van der Waals surface area contributed by atoms with Crippen LogP contribution >= 0.6 is 0 Å². The summed E-state index contributed by atoms with van der Waals surface area (Å²) in [4.78, 5) is 4.73. The van der Waals surface area contributed by atoms with Gasteiger partial charge in [0.05, 0.1) is 28.1 Å². The highest BCUT2D eigenvalue weighted by atomic mass is 16.5. The van der Waals surface area contributed by atoms with Crippen molar-refractivity contribution < 1.29 is 4.74 Å². The average Bonchev–Trinajstić information content (AvgIpc) is 3.63. The summed E-state index contributed by atoms with van der Waals surface area (Å²) in [5, 5.41) is 7.64. The zero-order valence-corrected chi connectivity index (χ0v) is 27.5. The minimum absolute atomic E-state index is 0.107. The van der Waals surface area contributed by atoms with Gasteiger partial charge in [0.1, 0.15) is 17.3 Å². The van der Waals surface area contributed by atoms with Crippen molar-refractivity contribution in [3.63, 3.8) is 0 Å². The van der Waals surface area contributed by atoms with E-state index in [9.17, 15) is 0 Å². The highest BCUT2D eigenvalue weighted by molar-refractivity contribution is 6.09. The van der Waals surface area contributed by atoms with Crippen LogP contribution in [-0.4, -0.2) is 19.3 Å². The van der Waals surface area contributed by atoms with E-state index in [2.05, 4.69) is 148 Å². The van der Waals surface area contributed by atoms with Gasteiger partial charge in [0.15, 0.2) is 0 Å². The van der Waals surface area contributed by atoms with Crippen molar-refractivity contribution in [2.75, 3.05) is 0 Å². The van der Waals surface area contributed by atoms with E-state index in [1.165, 1.54) is 27.8 Å². The predicted molar refractivity (Wildman–Crippen MR) is 190 cm³/mol. The Hall–Kier alpha value is -5.16. The number of ether oxygens (including phenoxy) is 1. The lowest BCUT2D eigenvalue weighted by Gasteiger charge is -2.26. The summed E-state index contributed by atoms with van der Waals surface area (Å²) in [5.41, 5.74) is 8.99. The zero-order chi connectivity index (χ0) is 32.0. The van der Waals surface area contributed by atoms with Crippen LogP contribution in [-0.2, 0) is 5.41 Å². The Kier molecular flexibility index (Phi) is 7.48. The summed E-state index contributed by atoms with van der Waals surface area (Å²) in [6, 6.07) is 37.9. The lowest BCUT2D eigenvalue weighted by Crippen LogP contribution is -2.21. The van der Waals surface area contributed by atoms with Crippen LogP contribution in [0.4, 0.5) is 0 Å². The van der Waals surface area contributed by atoms with E-state index in [0.29, 0.717) is 0 Å². The molecule has 0 bridgehead atoms. The fraction of sp³-hybridized carbons (Fsp3) is 0.220. The molecular formula is C41H40N4O. The molecule has 5 nitrogen and oxygen atoms in total. The molecule has 0 aliphatic rings. The normalized spacial score (nSPS) is 12.0. The Morgan fingerprint density at radius 3 is 2.26 bits per heavy atom. The van der Waals surface area contributed by atoms with Crippen LogP contribution in [0.5, 0.6) is 11.5 Å². The first-order valence-corrected chi connectivity index (χ1v) is 16.2. The van der Waals surface area contributed by atoms with E-state index in [1.807, 2.05) is 18.3 Å². The number of rotatable bonds is 8. The first-order valence-electron chi connectivity index (χ1n) is 16.2. The Balaban J connectivity index is 1.34. The standard InChI is InChI=1S/C41H40N4O/c1-7-41(5,6)40-38(29-14-9-8-10-15-29)39(27(2)3)43-45(40)30-16-13-17-31(25-30)46-32-20-21-34-33-18-11-12-19-35(33)44(36(34)26-32)37-24-28(4)22-23-42-37/h8-27H,7H2,1-6H3. The molecular weight excluding hydrogens is 564 g/mol. The molecule has 230 valence electrons. The fourth-order valence-electron chi connectivity index (χ4n) is 6.43. The van der Waals surface area contributed by atoms with E-state index in [-0.39, 0.29) is 11.3 Å². The molecule has 0 spiro atoms. The van der Waals surface area contributed by atoms with Gasteiger partial charge in [-0.3, -0.25) is 4.57 Å². The first-order chi connectivity index (χ1) is 22.2. The van der Waals surface area contributed by atoms with Gasteiger partial charge in [-0.25, -0.2) is 9.67 Å². The van der Waals surface area contributed by atoms with Crippen LogP contribution in [0.25, 0.3) is 44.4 Å². The lowest BCUT2D eigenvalue weighted by atomic mass is 9.81. The number of aromatic nitrogens is 4. The third-order valence-corrected chi connectivity index (χ3v) is 9.12. The maximum absolute atomic E-state index is 6.61. The minimum Gasteiger partial charge on any atom is -0.457 e. The molecule has 3 aromatic heterocycles. The quantitative estimate of drug-likeness (QED) is 0.173. The van der Waals surface area contributed by atoms with Crippen molar-refractivity contribution in [3.05, 3.63) is 132 Å². The van der Waals surface area contributed by atoms with Crippen molar-refractivity contribution >= 4 is 21.8 Å². The van der Waals surface area contributed by atoms with Gasteiger partial charge in [0, 0.05) is 40.1 Å². The number of hydrogen-bond donors (Lipinski definition) is 0. The molecule has 5 heteroatoms. The molecule has 0 fully saturated rings. The van der Waals surface area contributed by atoms with Gasteiger partial charge in [-0.05, 0) is 72.9 Å². The van der Waals surface area contributed by atoms with E-state index in [1.54, 1.807) is 0 Å². The number of fused-ring (bicyclic) bond motifs is 3. The van der Waals surface area contributed by atoms with Gasteiger partial charge in [-0.1, -0.05) is 89.2 Å². The SMILES string of the molecule is CCC(C)(C)c1c(-c2ccccc2)c(C(C)C)nn1-c1cccc(Oc2ccc3c4ccccc4n(-c4cc(C)ccn4)c3c2)c1. The smallest absolute Gasteiger partial charge is 0.137 e. The first kappa shape index (κ1) is 29.5. The molecule has 0 amide bonds. The van der Waals surface area contributed by atoms with Gasteiger partial charge >= 0.3 is 0 Å². The Morgan fingerprint density at radius 1 is 0.761 bits per heavy atom. The number of para-hydroxylation sites is 1. The summed E-state index contributed by atoms with van der Waals surface area (Å²) < 4.78 is 11.0. The third kappa shape index (κ3) is 5.16. The number of benzene rings is 4. The largest absolute Gasteiger partial charge is 0.457 e. The molecule has 0 aliphatic heterocycles. The third-order valence-electron chi connectivity index (χ3n) is 9.12. The second-order valence-electron chi connectivity index (χ2n) is 13.1. The van der Waals surface area contributed by atoms with Crippen molar-refractivity contribution in [2.45, 2.75) is 59.3 Å². The van der Waals surface area contributed by atoms with Crippen molar-refractivity contribution in [1.82, 2.24) is 19.3 Å². The van der Waals surface area contributed by atoms with Crippen LogP contribution in [0.3, 0.4) is 0 Å². The molecule has 3 heterocycles. The Bertz CT molecular complexity index is 2190. The second-order valence-corrected chi connectivity index (χ2v) is 13.1. The van der Waals surface area contributed by atoms with E-state index < -0.39 is 0 Å². The molecule has 4 aromatic carbocycles. The number of nitrogens with zero attached hydrogens (tertiary/aromatic N) is 4. The second kappa shape index (κ2) is 11.6. The van der Waals surface area contributed by atoms with E-state index in [0.717, 1.165) is 51.5 Å². The molecule has 0 N–H and O–H groups in total. The molecule has 0 unspecified atom stereocenters. The lowest BCUT2D eigenvalue weighted by molar-refractivity contribution is 0.471. The zero-order valence-electron chi connectivity index (χ0n) is 27.5. The molecule has 7 rings (SSSR count). The fourth-order valence-corrected chi connectivity index (χ4v) is 6.43. The Morgan fingerprint density at radius 2 is 1.50 bits per heavy atom. The molecule has 0 aliphatic carbocycles. The summed E-state index contributed by atoms with van der Waals surface area (Å²) in [6.07, 6.45) is 2.85. The summed E-state index contributed by atoms with van der Waals surface area (Å²) in [7, 11) is 0. The van der Waals surface area contributed by atoms with Gasteiger partial charge in [-0.2, -0.15) is 5.10 Å². The highest BCUT2D eigenvalue weighted by Crippen LogP contribution is 2.42. The topological polar surface area (TPSA) is 44.9 Å². The molecule has 0 atom stereocenters. The van der Waals surface area contributed by atoms with Crippen molar-refractivity contribution in [1.29, 1.82) is 0 Å². The van der Waals surface area contributed by atoms with Gasteiger partial charge in [0.25, 0.3) is 0 Å². The molecule has 0 saturated carbocycles. The van der Waals surface area contributed by atoms with Crippen molar-refractivity contribution in [2.24, 2.45) is 0 Å². The number of pyridine rings is 1. The van der Waals surface area contributed by atoms with Gasteiger partial charge in [-0.15, -0.1) is 0 Å². The maximum atomic E-state index is 6.61. The molecule has 0 radical (unpaired) electrons. The number of aryl methyl sites for hydroxylation is 1. The van der Waals surface area contributed by atoms with Crippen LogP contribution in [0, 0.1) is 6.92 Å². The van der Waals surface area contributed by atoms with E-state index >= 15 is 0 Å². The van der Waals surface area contributed by atoms with E-state index in [4.69, 9.17) is 14.8 Å². The predicted octanol–water partition coefficient (Wildman–Crippen LogP) is 10.9. The van der Waals surface area contributed by atoms with Crippen LogP contribution in [0.1, 0.15) is 63.9 Å². The molecule has 7 aromatic rings. The highest BCUT2D eigenvalue weighted by Gasteiger charge is 2.32. The van der Waals surface area contributed by atoms with Crippen LogP contribution < -0.4 is 4.74 Å². The molecule has 0 saturated heterocycles.